The van der Waals surface area contributed by atoms with Gasteiger partial charge in [0.2, 0.25) is 5.91 Å². The van der Waals surface area contributed by atoms with Crippen molar-refractivity contribution < 1.29 is 4.79 Å². The Morgan fingerprint density at radius 1 is 0.962 bits per heavy atom. The van der Waals surface area contributed by atoms with Gasteiger partial charge in [-0.3, -0.25) is 9.78 Å². The van der Waals surface area contributed by atoms with E-state index in [0.29, 0.717) is 5.75 Å². The van der Waals surface area contributed by atoms with Gasteiger partial charge in [0.1, 0.15) is 0 Å². The number of carbonyl (C=O) groups is 1. The van der Waals surface area contributed by atoms with Crippen LogP contribution in [0.3, 0.4) is 0 Å². The number of pyridine rings is 1. The van der Waals surface area contributed by atoms with Crippen LogP contribution in [0.15, 0.2) is 77.7 Å². The van der Waals surface area contributed by atoms with Gasteiger partial charge in [-0.2, -0.15) is 0 Å². The molecule has 26 heavy (non-hydrogen) atoms. The van der Waals surface area contributed by atoms with Gasteiger partial charge >= 0.3 is 0 Å². The fourth-order valence-corrected chi connectivity index (χ4v) is 3.94. The van der Waals surface area contributed by atoms with E-state index in [1.54, 1.807) is 11.8 Å². The van der Waals surface area contributed by atoms with Crippen molar-refractivity contribution in [3.8, 4) is 0 Å². The first kappa shape index (κ1) is 16.6. The predicted molar refractivity (Wildman–Crippen MR) is 110 cm³/mol. The second-order valence-corrected chi connectivity index (χ2v) is 7.19. The van der Waals surface area contributed by atoms with Gasteiger partial charge in [-0.1, -0.05) is 48.5 Å². The Morgan fingerprint density at radius 3 is 2.62 bits per heavy atom. The summed E-state index contributed by atoms with van der Waals surface area (Å²) in [6.45, 7) is 1.98. The molecule has 4 rings (SSSR count). The third-order valence-corrected chi connectivity index (χ3v) is 5.25. The van der Waals surface area contributed by atoms with Crippen LogP contribution >= 0.6 is 11.8 Å². The molecule has 0 aliphatic rings. The van der Waals surface area contributed by atoms with Crippen LogP contribution in [0.1, 0.15) is 5.69 Å². The van der Waals surface area contributed by atoms with E-state index in [1.807, 2.05) is 73.7 Å². The van der Waals surface area contributed by atoms with Crippen molar-refractivity contribution in [1.29, 1.82) is 0 Å². The molecule has 0 spiro atoms. The summed E-state index contributed by atoms with van der Waals surface area (Å²) in [6.07, 6.45) is 0. The molecule has 1 N–H and O–H groups in total. The lowest BCUT2D eigenvalue weighted by molar-refractivity contribution is -0.113. The Labute approximate surface area is 156 Å². The number of rotatable bonds is 4. The van der Waals surface area contributed by atoms with Gasteiger partial charge in [-0.15, -0.1) is 11.8 Å². The molecule has 0 atom stereocenters. The molecule has 0 unspecified atom stereocenters. The average Bonchev–Trinajstić information content (AvgIpc) is 2.66. The Hall–Kier alpha value is -2.85. The topological polar surface area (TPSA) is 42.0 Å². The van der Waals surface area contributed by atoms with Gasteiger partial charge in [0.25, 0.3) is 0 Å². The van der Waals surface area contributed by atoms with Crippen LogP contribution < -0.4 is 5.32 Å². The Kier molecular flexibility index (Phi) is 4.59. The predicted octanol–water partition coefficient (Wildman–Crippen LogP) is 5.43. The smallest absolute Gasteiger partial charge is 0.234 e. The van der Waals surface area contributed by atoms with Gasteiger partial charge in [-0.25, -0.2) is 0 Å². The number of thioether (sulfide) groups is 1. The molecule has 3 nitrogen and oxygen atoms in total. The molecule has 0 saturated carbocycles. The van der Waals surface area contributed by atoms with Gasteiger partial charge < -0.3 is 5.32 Å². The number of hydrogen-bond donors (Lipinski definition) is 1. The Balaban J connectivity index is 1.48. The summed E-state index contributed by atoms with van der Waals surface area (Å²) in [6, 6.07) is 24.2. The molecule has 0 radical (unpaired) electrons. The number of amides is 1. The number of carbonyl (C=O) groups excluding carboxylic acids is 1. The lowest BCUT2D eigenvalue weighted by Gasteiger charge is -2.09. The van der Waals surface area contributed by atoms with Crippen LogP contribution in [0.4, 0.5) is 5.69 Å². The van der Waals surface area contributed by atoms with Crippen LogP contribution in [0.2, 0.25) is 0 Å². The molecule has 1 aromatic heterocycles. The summed E-state index contributed by atoms with van der Waals surface area (Å²) < 4.78 is 0. The molecule has 0 aliphatic carbocycles. The highest BCUT2D eigenvalue weighted by Gasteiger charge is 2.08. The van der Waals surface area contributed by atoms with E-state index >= 15 is 0 Å². The molecule has 128 valence electrons. The summed E-state index contributed by atoms with van der Waals surface area (Å²) in [4.78, 5) is 18.0. The maximum atomic E-state index is 12.4. The van der Waals surface area contributed by atoms with Crippen molar-refractivity contribution in [1.82, 2.24) is 4.98 Å². The molecule has 4 heteroatoms. The lowest BCUT2D eigenvalue weighted by Crippen LogP contribution is -2.13. The van der Waals surface area contributed by atoms with E-state index in [1.165, 1.54) is 5.39 Å². The molecule has 3 aromatic carbocycles. The maximum Gasteiger partial charge on any atom is 0.234 e. The standard InChI is InChI=1S/C22H18N2OS/c1-15-12-21(19-8-4-5-9-20(19)23-15)26-14-22(25)24-18-11-10-16-6-2-3-7-17(16)13-18/h2-13H,14H2,1H3,(H,24,25). The zero-order valence-corrected chi connectivity index (χ0v) is 15.2. The number of benzene rings is 3. The van der Waals surface area contributed by atoms with Crippen LogP contribution in [0.25, 0.3) is 21.7 Å². The maximum absolute atomic E-state index is 12.4. The average molecular weight is 358 g/mol. The largest absolute Gasteiger partial charge is 0.325 e. The number of para-hydroxylation sites is 1. The highest BCUT2D eigenvalue weighted by Crippen LogP contribution is 2.28. The van der Waals surface area contributed by atoms with E-state index in [9.17, 15) is 4.79 Å². The van der Waals surface area contributed by atoms with Crippen molar-refractivity contribution in [2.75, 3.05) is 11.1 Å². The molecule has 1 amide bonds. The summed E-state index contributed by atoms with van der Waals surface area (Å²) in [5.74, 6) is 0.351. The van der Waals surface area contributed by atoms with Crippen molar-refractivity contribution in [2.24, 2.45) is 0 Å². The molecule has 0 fully saturated rings. The minimum Gasteiger partial charge on any atom is -0.325 e. The minimum absolute atomic E-state index is 0.0103. The fraction of sp³-hybridized carbons (Fsp3) is 0.0909. The van der Waals surface area contributed by atoms with Crippen molar-refractivity contribution in [3.63, 3.8) is 0 Å². The number of aromatic nitrogens is 1. The summed E-state index contributed by atoms with van der Waals surface area (Å²) in [5.41, 5.74) is 2.75. The van der Waals surface area contributed by atoms with E-state index < -0.39 is 0 Å². The van der Waals surface area contributed by atoms with Crippen LogP contribution in [-0.2, 0) is 4.79 Å². The summed E-state index contributed by atoms with van der Waals surface area (Å²) in [5, 5.41) is 6.36. The molecular formula is C22H18N2OS. The number of hydrogen-bond acceptors (Lipinski definition) is 3. The van der Waals surface area contributed by atoms with E-state index in [-0.39, 0.29) is 5.91 Å². The SMILES string of the molecule is Cc1cc(SCC(=O)Nc2ccc3ccccc3c2)c2ccccc2n1. The highest BCUT2D eigenvalue weighted by atomic mass is 32.2. The molecule has 0 bridgehead atoms. The third-order valence-electron chi connectivity index (χ3n) is 4.20. The number of aryl methyl sites for hydroxylation is 1. The van der Waals surface area contributed by atoms with Gasteiger partial charge in [0.05, 0.1) is 11.3 Å². The van der Waals surface area contributed by atoms with Crippen LogP contribution in [-0.4, -0.2) is 16.6 Å². The number of anilines is 1. The quantitative estimate of drug-likeness (QED) is 0.495. The zero-order valence-electron chi connectivity index (χ0n) is 14.4. The lowest BCUT2D eigenvalue weighted by atomic mass is 10.1. The fourth-order valence-electron chi connectivity index (χ4n) is 3.00. The van der Waals surface area contributed by atoms with Crippen molar-refractivity contribution in [2.45, 2.75) is 11.8 Å². The molecule has 0 aliphatic heterocycles. The monoisotopic (exact) mass is 358 g/mol. The third kappa shape index (κ3) is 3.55. The van der Waals surface area contributed by atoms with Crippen molar-refractivity contribution >= 4 is 45.0 Å². The second-order valence-electron chi connectivity index (χ2n) is 6.18. The van der Waals surface area contributed by atoms with E-state index in [2.05, 4.69) is 16.4 Å². The molecule has 4 aromatic rings. The Morgan fingerprint density at radius 2 is 1.73 bits per heavy atom. The van der Waals surface area contributed by atoms with E-state index in [0.717, 1.165) is 32.6 Å². The van der Waals surface area contributed by atoms with E-state index in [4.69, 9.17) is 0 Å². The van der Waals surface area contributed by atoms with Gasteiger partial charge in [0, 0.05) is 21.7 Å². The highest BCUT2D eigenvalue weighted by molar-refractivity contribution is 8.00. The molecular weight excluding hydrogens is 340 g/mol. The number of nitrogens with one attached hydrogen (secondary N) is 1. The summed E-state index contributed by atoms with van der Waals surface area (Å²) in [7, 11) is 0. The first-order valence-electron chi connectivity index (χ1n) is 8.47. The molecule has 0 saturated heterocycles. The minimum atomic E-state index is -0.0103. The second kappa shape index (κ2) is 7.18. The number of fused-ring (bicyclic) bond motifs is 2. The Bertz CT molecular complexity index is 1110. The first-order valence-corrected chi connectivity index (χ1v) is 9.45. The molecule has 1 heterocycles. The van der Waals surface area contributed by atoms with Gasteiger partial charge in [-0.05, 0) is 42.0 Å². The van der Waals surface area contributed by atoms with Crippen LogP contribution in [0, 0.1) is 6.92 Å². The van der Waals surface area contributed by atoms with Gasteiger partial charge in [0.15, 0.2) is 0 Å². The first-order chi connectivity index (χ1) is 12.7. The summed E-state index contributed by atoms with van der Waals surface area (Å²) >= 11 is 1.54. The van der Waals surface area contributed by atoms with Crippen LogP contribution in [0.5, 0.6) is 0 Å². The normalized spacial score (nSPS) is 11.0. The number of nitrogens with zero attached hydrogens (tertiary/aromatic N) is 1. The van der Waals surface area contributed by atoms with Crippen molar-refractivity contribution in [3.05, 3.63) is 78.5 Å². The zero-order chi connectivity index (χ0) is 17.9.